The molecule has 0 bridgehead atoms. The van der Waals surface area contributed by atoms with Crippen molar-refractivity contribution in [2.45, 2.75) is 83.3 Å². The van der Waals surface area contributed by atoms with Gasteiger partial charge in [0.1, 0.15) is 24.0 Å². The Labute approximate surface area is 216 Å². The number of likely N-dealkylation sites (tertiary alicyclic amines) is 1. The lowest BCUT2D eigenvalue weighted by molar-refractivity contribution is -0.140. The van der Waals surface area contributed by atoms with Crippen molar-refractivity contribution in [2.24, 2.45) is 5.92 Å². The molecule has 3 aliphatic heterocycles. The van der Waals surface area contributed by atoms with Gasteiger partial charge in [0.05, 0.1) is 18.8 Å². The minimum atomic E-state index is -1.09. The second-order valence-corrected chi connectivity index (χ2v) is 10.3. The number of hydrogen-bond donors (Lipinski definition) is 4. The number of amides is 3. The molecule has 5 unspecified atom stereocenters. The van der Waals surface area contributed by atoms with Crippen molar-refractivity contribution < 1.29 is 19.5 Å². The molecule has 2 aromatic rings. The van der Waals surface area contributed by atoms with E-state index in [9.17, 15) is 19.5 Å². The van der Waals surface area contributed by atoms with Gasteiger partial charge >= 0.3 is 0 Å². The molecule has 11 nitrogen and oxygen atoms in total. The highest BCUT2D eigenvalue weighted by molar-refractivity contribution is 5.90. The van der Waals surface area contributed by atoms with Crippen LogP contribution in [0, 0.1) is 5.92 Å². The number of aliphatic hydroxyl groups excluding tert-OH is 1. The molecule has 3 amide bonds. The Morgan fingerprint density at radius 2 is 2.08 bits per heavy atom. The molecule has 0 saturated carbocycles. The van der Waals surface area contributed by atoms with E-state index in [0.29, 0.717) is 37.9 Å². The van der Waals surface area contributed by atoms with Crippen LogP contribution in [0.15, 0.2) is 24.4 Å². The second kappa shape index (κ2) is 10.5. The molecule has 11 heteroatoms. The maximum Gasteiger partial charge on any atom is 0.243 e. The van der Waals surface area contributed by atoms with E-state index >= 15 is 0 Å². The van der Waals surface area contributed by atoms with Gasteiger partial charge in [-0.1, -0.05) is 38.5 Å². The normalized spacial score (nSPS) is 24.4. The number of aryl methyl sites for hydroxylation is 1. The van der Waals surface area contributed by atoms with Gasteiger partial charge in [-0.3, -0.25) is 14.4 Å². The lowest BCUT2D eigenvalue weighted by Gasteiger charge is -2.37. The predicted octanol–water partition coefficient (Wildman–Crippen LogP) is 0.639. The molecule has 5 atom stereocenters. The van der Waals surface area contributed by atoms with E-state index in [1.54, 1.807) is 16.0 Å². The number of nitrogens with one attached hydrogen (secondary N) is 3. The lowest BCUT2D eigenvalue weighted by atomic mass is 9.95. The highest BCUT2D eigenvalue weighted by Crippen LogP contribution is 2.40. The molecule has 4 heterocycles. The zero-order valence-electron chi connectivity index (χ0n) is 21.3. The predicted molar refractivity (Wildman–Crippen MR) is 135 cm³/mol. The summed E-state index contributed by atoms with van der Waals surface area (Å²) in [7, 11) is 0. The number of H-pyrrole nitrogens is 1. The number of hydrogen-bond acceptors (Lipinski definition) is 7. The Balaban J connectivity index is 1.37. The quantitative estimate of drug-likeness (QED) is 0.409. The first-order valence-corrected chi connectivity index (χ1v) is 13.2. The van der Waals surface area contributed by atoms with Crippen molar-refractivity contribution in [3.8, 4) is 0 Å². The van der Waals surface area contributed by atoms with Gasteiger partial charge in [0.15, 0.2) is 0 Å². The van der Waals surface area contributed by atoms with Gasteiger partial charge < -0.3 is 25.5 Å². The van der Waals surface area contributed by atoms with Crippen LogP contribution in [0.4, 0.5) is 5.69 Å². The molecule has 1 aromatic heterocycles. The van der Waals surface area contributed by atoms with Crippen molar-refractivity contribution in [3.63, 3.8) is 0 Å². The van der Waals surface area contributed by atoms with Crippen LogP contribution >= 0.6 is 0 Å². The molecule has 1 saturated heterocycles. The van der Waals surface area contributed by atoms with E-state index in [1.165, 1.54) is 0 Å². The molecule has 1 aromatic carbocycles. The van der Waals surface area contributed by atoms with E-state index < -0.39 is 24.4 Å². The molecule has 0 aliphatic carbocycles. The molecule has 4 N–H and O–H groups in total. The van der Waals surface area contributed by atoms with Crippen molar-refractivity contribution in [2.75, 3.05) is 11.4 Å². The number of benzene rings is 1. The summed E-state index contributed by atoms with van der Waals surface area (Å²) in [5.41, 5.74) is 3.54. The van der Waals surface area contributed by atoms with E-state index in [2.05, 4.69) is 26.0 Å². The fourth-order valence-corrected chi connectivity index (χ4v) is 5.91. The fourth-order valence-electron chi connectivity index (χ4n) is 5.91. The zero-order valence-corrected chi connectivity index (χ0v) is 21.3. The highest BCUT2D eigenvalue weighted by Gasteiger charge is 2.45. The van der Waals surface area contributed by atoms with Gasteiger partial charge in [-0.15, -0.1) is 0 Å². The number of aliphatic hydroxyl groups is 1. The van der Waals surface area contributed by atoms with Crippen LogP contribution in [0.3, 0.4) is 0 Å². The standard InChI is InChI=1S/C26H35N7O4/c1-3-15(2)22(32-11-5-8-21(32)34)25(36)29-19-10-9-16-6-4-7-17-12-20(33(23(16)17)26(19)37)24(35)27-13-18-14-28-31-30-18/h4,6-7,14-15,19-20,22,26,37H,3,5,8-13H2,1-2H3,(H,27,35)(H,29,36)(H,28,30,31). The summed E-state index contributed by atoms with van der Waals surface area (Å²) in [6.45, 7) is 4.79. The van der Waals surface area contributed by atoms with Crippen molar-refractivity contribution in [1.82, 2.24) is 30.9 Å². The molecule has 198 valence electrons. The number of carbonyl (C=O) groups is 3. The number of aromatic nitrogens is 3. The number of nitrogens with zero attached hydrogens (tertiary/aromatic N) is 4. The third kappa shape index (κ3) is 4.79. The molecular weight excluding hydrogens is 474 g/mol. The monoisotopic (exact) mass is 509 g/mol. The largest absolute Gasteiger partial charge is 0.371 e. The van der Waals surface area contributed by atoms with Crippen LogP contribution in [0.25, 0.3) is 0 Å². The maximum absolute atomic E-state index is 13.6. The Morgan fingerprint density at radius 1 is 1.27 bits per heavy atom. The Morgan fingerprint density at radius 3 is 2.78 bits per heavy atom. The van der Waals surface area contributed by atoms with Gasteiger partial charge in [-0.25, -0.2) is 0 Å². The van der Waals surface area contributed by atoms with Crippen molar-refractivity contribution in [1.29, 1.82) is 0 Å². The van der Waals surface area contributed by atoms with Crippen molar-refractivity contribution in [3.05, 3.63) is 41.2 Å². The molecular formula is C26H35N7O4. The Bertz CT molecular complexity index is 1150. The molecule has 0 spiro atoms. The van der Waals surface area contributed by atoms with Crippen LogP contribution in [-0.4, -0.2) is 74.0 Å². The molecule has 1 fully saturated rings. The van der Waals surface area contributed by atoms with Crippen LogP contribution in [0.2, 0.25) is 0 Å². The number of para-hydroxylation sites is 1. The summed E-state index contributed by atoms with van der Waals surface area (Å²) in [4.78, 5) is 42.9. The SMILES string of the molecule is CCC(C)C(C(=O)NC1CCc2cccc3c2N(C(C(=O)NCc2cn[nH]n2)C3)C1O)N1CCCC1=O. The number of anilines is 1. The van der Waals surface area contributed by atoms with E-state index in [0.717, 1.165) is 29.7 Å². The third-order valence-electron chi connectivity index (χ3n) is 8.02. The smallest absolute Gasteiger partial charge is 0.243 e. The number of rotatable bonds is 8. The van der Waals surface area contributed by atoms with Gasteiger partial charge in [0.2, 0.25) is 17.7 Å². The zero-order chi connectivity index (χ0) is 26.1. The summed E-state index contributed by atoms with van der Waals surface area (Å²) in [6, 6.07) is 4.19. The summed E-state index contributed by atoms with van der Waals surface area (Å²) in [5, 5.41) is 27.9. The minimum absolute atomic E-state index is 0.00213. The highest BCUT2D eigenvalue weighted by atomic mass is 16.3. The van der Waals surface area contributed by atoms with Gasteiger partial charge in [-0.2, -0.15) is 15.4 Å². The lowest BCUT2D eigenvalue weighted by Crippen LogP contribution is -2.60. The van der Waals surface area contributed by atoms with Crippen LogP contribution in [-0.2, 0) is 33.8 Å². The Kier molecular flexibility index (Phi) is 7.14. The minimum Gasteiger partial charge on any atom is -0.371 e. The van der Waals surface area contributed by atoms with Crippen LogP contribution in [0.1, 0.15) is 56.4 Å². The van der Waals surface area contributed by atoms with E-state index in [4.69, 9.17) is 0 Å². The first-order valence-electron chi connectivity index (χ1n) is 13.2. The van der Waals surface area contributed by atoms with Gasteiger partial charge in [0, 0.05) is 25.1 Å². The summed E-state index contributed by atoms with van der Waals surface area (Å²) >= 11 is 0. The summed E-state index contributed by atoms with van der Waals surface area (Å²) in [6.07, 6.45) is 4.06. The second-order valence-electron chi connectivity index (χ2n) is 10.3. The van der Waals surface area contributed by atoms with E-state index in [-0.39, 0.29) is 30.2 Å². The number of carbonyl (C=O) groups excluding carboxylic acids is 3. The van der Waals surface area contributed by atoms with Crippen LogP contribution in [0.5, 0.6) is 0 Å². The summed E-state index contributed by atoms with van der Waals surface area (Å²) < 4.78 is 0. The molecule has 37 heavy (non-hydrogen) atoms. The first kappa shape index (κ1) is 25.2. The molecule has 0 radical (unpaired) electrons. The van der Waals surface area contributed by atoms with Crippen LogP contribution < -0.4 is 15.5 Å². The van der Waals surface area contributed by atoms with E-state index in [1.807, 2.05) is 32.0 Å². The van der Waals surface area contributed by atoms with Gasteiger partial charge in [-0.05, 0) is 36.3 Å². The molecule has 3 aliphatic rings. The fraction of sp³-hybridized carbons (Fsp3) is 0.577. The molecule has 5 rings (SSSR count). The average Bonchev–Trinajstić information content (AvgIpc) is 3.63. The van der Waals surface area contributed by atoms with Crippen molar-refractivity contribution >= 4 is 23.4 Å². The topological polar surface area (TPSA) is 144 Å². The maximum atomic E-state index is 13.6. The third-order valence-corrected chi connectivity index (χ3v) is 8.02. The first-order chi connectivity index (χ1) is 17.9. The number of aromatic amines is 1. The average molecular weight is 510 g/mol. The summed E-state index contributed by atoms with van der Waals surface area (Å²) in [5.74, 6) is -0.486. The Hall–Kier alpha value is -3.47. The van der Waals surface area contributed by atoms with Gasteiger partial charge in [0.25, 0.3) is 0 Å².